The molecular formula is C28H25ClN6O7. The predicted molar refractivity (Wildman–Crippen MR) is 151 cm³/mol. The summed E-state index contributed by atoms with van der Waals surface area (Å²) in [6.45, 7) is 0.165. The van der Waals surface area contributed by atoms with Crippen molar-refractivity contribution in [3.63, 3.8) is 0 Å². The fourth-order valence-corrected chi connectivity index (χ4v) is 5.12. The van der Waals surface area contributed by atoms with Crippen molar-refractivity contribution in [1.29, 1.82) is 0 Å². The fraction of sp³-hybridized carbons (Fsp3) is 0.214. The van der Waals surface area contributed by atoms with Gasteiger partial charge in [0.1, 0.15) is 11.9 Å². The van der Waals surface area contributed by atoms with Crippen LogP contribution in [0.1, 0.15) is 28.8 Å². The molecule has 216 valence electrons. The highest BCUT2D eigenvalue weighted by molar-refractivity contribution is 6.30. The van der Waals surface area contributed by atoms with E-state index in [9.17, 15) is 24.0 Å². The average molecular weight is 593 g/mol. The third-order valence-electron chi connectivity index (χ3n) is 6.86. The van der Waals surface area contributed by atoms with Crippen molar-refractivity contribution in [2.45, 2.75) is 24.5 Å². The lowest BCUT2D eigenvalue weighted by Crippen LogP contribution is -2.51. The maximum Gasteiger partial charge on any atom is 0.412 e. The van der Waals surface area contributed by atoms with Crippen LogP contribution in [0, 0.1) is 0 Å². The minimum absolute atomic E-state index is 0.0175. The molecule has 0 unspecified atom stereocenters. The topological polar surface area (TPSA) is 179 Å². The van der Waals surface area contributed by atoms with Gasteiger partial charge in [0.05, 0.1) is 18.7 Å². The summed E-state index contributed by atoms with van der Waals surface area (Å²) in [5.41, 5.74) is 0.373. The maximum atomic E-state index is 13.8. The van der Waals surface area contributed by atoms with Crippen molar-refractivity contribution in [2.75, 3.05) is 29.0 Å². The first-order valence-corrected chi connectivity index (χ1v) is 13.2. The van der Waals surface area contributed by atoms with Crippen LogP contribution in [0.5, 0.6) is 0 Å². The normalized spacial score (nSPS) is 17.8. The fourth-order valence-electron chi connectivity index (χ4n) is 4.95. The van der Waals surface area contributed by atoms with Crippen LogP contribution in [0.2, 0.25) is 5.02 Å². The summed E-state index contributed by atoms with van der Waals surface area (Å²) >= 11 is 6.22. The highest BCUT2D eigenvalue weighted by atomic mass is 35.5. The molecule has 2 aromatic carbocycles. The molecule has 42 heavy (non-hydrogen) atoms. The molecule has 0 aliphatic carbocycles. The Bertz CT molecular complexity index is 1550. The summed E-state index contributed by atoms with van der Waals surface area (Å²) in [4.78, 5) is 68.6. The van der Waals surface area contributed by atoms with Crippen LogP contribution in [-0.2, 0) is 19.9 Å². The van der Waals surface area contributed by atoms with Crippen molar-refractivity contribution >= 4 is 58.7 Å². The molecule has 3 heterocycles. The van der Waals surface area contributed by atoms with Gasteiger partial charge in [-0.05, 0) is 54.6 Å². The Labute approximate surface area is 244 Å². The first kappa shape index (κ1) is 28.4. The smallest absolute Gasteiger partial charge is 0.412 e. The molecule has 0 radical (unpaired) electrons. The molecule has 1 fully saturated rings. The van der Waals surface area contributed by atoms with Crippen LogP contribution in [0.4, 0.5) is 26.8 Å². The van der Waals surface area contributed by atoms with Gasteiger partial charge < -0.3 is 25.4 Å². The van der Waals surface area contributed by atoms with Crippen LogP contribution < -0.4 is 21.3 Å². The number of amides is 5. The molecule has 1 aromatic heterocycles. The Morgan fingerprint density at radius 3 is 2.60 bits per heavy atom. The van der Waals surface area contributed by atoms with E-state index in [1.54, 1.807) is 36.4 Å². The number of ether oxygens (including phenoxy) is 1. The van der Waals surface area contributed by atoms with Gasteiger partial charge >= 0.3 is 12.2 Å². The van der Waals surface area contributed by atoms with Crippen LogP contribution in [0.3, 0.4) is 0 Å². The van der Waals surface area contributed by atoms with E-state index < -0.39 is 48.0 Å². The summed E-state index contributed by atoms with van der Waals surface area (Å²) < 4.78 is 5.70. The van der Waals surface area contributed by atoms with Crippen LogP contribution >= 0.6 is 11.6 Å². The monoisotopic (exact) mass is 592 g/mol. The number of benzene rings is 2. The predicted octanol–water partition coefficient (Wildman–Crippen LogP) is 3.64. The van der Waals surface area contributed by atoms with Crippen molar-refractivity contribution < 1.29 is 33.8 Å². The number of likely N-dealkylation sites (tertiary alicyclic amines) is 1. The van der Waals surface area contributed by atoms with Gasteiger partial charge in [-0.15, -0.1) is 0 Å². The molecule has 0 saturated carbocycles. The Hall–Kier alpha value is -5.17. The maximum absolute atomic E-state index is 13.8. The van der Waals surface area contributed by atoms with Crippen LogP contribution in [0.25, 0.3) is 0 Å². The van der Waals surface area contributed by atoms with E-state index in [-0.39, 0.29) is 36.6 Å². The first-order valence-electron chi connectivity index (χ1n) is 12.8. The zero-order chi connectivity index (χ0) is 29.9. The van der Waals surface area contributed by atoms with E-state index in [0.29, 0.717) is 16.3 Å². The van der Waals surface area contributed by atoms with Gasteiger partial charge in [0.25, 0.3) is 5.91 Å². The van der Waals surface area contributed by atoms with E-state index in [1.165, 1.54) is 35.4 Å². The van der Waals surface area contributed by atoms with Crippen LogP contribution in [0.15, 0.2) is 66.9 Å². The van der Waals surface area contributed by atoms with Crippen LogP contribution in [-0.4, -0.2) is 64.0 Å². The molecule has 1 spiro atoms. The lowest BCUT2D eigenvalue weighted by molar-refractivity contribution is -0.135. The Balaban J connectivity index is 1.36. The quantitative estimate of drug-likeness (QED) is 0.276. The van der Waals surface area contributed by atoms with Gasteiger partial charge in [-0.1, -0.05) is 17.7 Å². The Morgan fingerprint density at radius 1 is 1.10 bits per heavy atom. The molecule has 5 amide bonds. The number of halogens is 1. The zero-order valence-corrected chi connectivity index (χ0v) is 22.7. The van der Waals surface area contributed by atoms with Gasteiger partial charge in [0.2, 0.25) is 11.8 Å². The van der Waals surface area contributed by atoms with E-state index in [4.69, 9.17) is 21.4 Å². The summed E-state index contributed by atoms with van der Waals surface area (Å²) in [6, 6.07) is 14.2. The number of aromatic nitrogens is 1. The van der Waals surface area contributed by atoms with Crippen molar-refractivity contribution in [1.82, 2.24) is 15.2 Å². The van der Waals surface area contributed by atoms with Crippen molar-refractivity contribution in [3.05, 3.63) is 83.0 Å². The molecule has 0 bridgehead atoms. The average Bonchev–Trinajstić information content (AvgIpc) is 3.37. The molecular weight excluding hydrogens is 568 g/mol. The SMILES string of the molecule is O=C(O)Nc1ccc(C(=O)N[C@@H](CC(=O)Nc2ccccn2)C(=O)N2CC[C@@]3(C2)OC(=O)Nc2ccc(Cl)cc23)cc1. The minimum Gasteiger partial charge on any atom is -0.465 e. The molecule has 2 aliphatic rings. The molecule has 5 rings (SSSR count). The molecule has 3 aromatic rings. The number of carbonyl (C=O) groups excluding carboxylic acids is 4. The second kappa shape index (κ2) is 11.7. The molecule has 13 nitrogen and oxygen atoms in total. The number of nitrogens with one attached hydrogen (secondary N) is 4. The van der Waals surface area contributed by atoms with E-state index >= 15 is 0 Å². The van der Waals surface area contributed by atoms with E-state index in [1.807, 2.05) is 0 Å². The number of fused-ring (bicyclic) bond motifs is 2. The molecule has 2 atom stereocenters. The molecule has 1 saturated heterocycles. The second-order valence-electron chi connectivity index (χ2n) is 9.71. The number of carbonyl (C=O) groups is 5. The molecule has 2 aliphatic heterocycles. The summed E-state index contributed by atoms with van der Waals surface area (Å²) in [6.07, 6.45) is -0.563. The molecule has 14 heteroatoms. The Kier molecular flexibility index (Phi) is 7.93. The van der Waals surface area contributed by atoms with Gasteiger partial charge in [-0.3, -0.25) is 25.0 Å². The summed E-state index contributed by atoms with van der Waals surface area (Å²) in [5, 5.41) is 19.4. The minimum atomic E-state index is -1.29. The van der Waals surface area contributed by atoms with Gasteiger partial charge in [0, 0.05) is 41.0 Å². The zero-order valence-electron chi connectivity index (χ0n) is 21.9. The number of nitrogens with zero attached hydrogens (tertiary/aromatic N) is 2. The number of rotatable bonds is 7. The largest absolute Gasteiger partial charge is 0.465 e. The lowest BCUT2D eigenvalue weighted by atomic mass is 9.90. The number of anilines is 3. The third-order valence-corrected chi connectivity index (χ3v) is 7.10. The third kappa shape index (κ3) is 6.25. The van der Waals surface area contributed by atoms with Gasteiger partial charge in [-0.2, -0.15) is 0 Å². The number of pyridine rings is 1. The number of hydrogen-bond acceptors (Lipinski definition) is 7. The van der Waals surface area contributed by atoms with Gasteiger partial charge in [0.15, 0.2) is 5.60 Å². The Morgan fingerprint density at radius 2 is 1.88 bits per heavy atom. The lowest BCUT2D eigenvalue weighted by Gasteiger charge is -2.35. The van der Waals surface area contributed by atoms with Crippen molar-refractivity contribution in [3.8, 4) is 0 Å². The van der Waals surface area contributed by atoms with E-state index in [0.717, 1.165) is 0 Å². The van der Waals surface area contributed by atoms with E-state index in [2.05, 4.69) is 26.3 Å². The summed E-state index contributed by atoms with van der Waals surface area (Å²) in [7, 11) is 0. The molecule has 5 N–H and O–H groups in total. The standard InChI is InChI=1S/C28H25ClN6O7/c29-17-6-9-20-19(13-17)28(42-27(41)33-20)10-12-35(15-28)25(38)21(14-23(36)34-22-3-1-2-11-30-22)32-24(37)16-4-7-18(8-5-16)31-26(39)40/h1-9,11,13,21,31H,10,12,14-15H2,(H,32,37)(H,33,41)(H,39,40)(H,30,34,36)/t21-,28-/m0/s1. The first-order chi connectivity index (χ1) is 20.1. The number of carboxylic acid groups (broad SMARTS) is 1. The van der Waals surface area contributed by atoms with Gasteiger partial charge in [-0.25, -0.2) is 14.6 Å². The number of hydrogen-bond donors (Lipinski definition) is 5. The highest BCUT2D eigenvalue weighted by Gasteiger charge is 2.49. The van der Waals surface area contributed by atoms with Crippen molar-refractivity contribution in [2.24, 2.45) is 0 Å². The highest BCUT2D eigenvalue weighted by Crippen LogP contribution is 2.43. The summed E-state index contributed by atoms with van der Waals surface area (Å²) in [5.74, 6) is -1.50. The second-order valence-corrected chi connectivity index (χ2v) is 10.1.